The van der Waals surface area contributed by atoms with E-state index in [1.54, 1.807) is 11.0 Å². The van der Waals surface area contributed by atoms with Crippen molar-refractivity contribution in [1.82, 2.24) is 19.5 Å². The molecule has 2 aliphatic heterocycles. The summed E-state index contributed by atoms with van der Waals surface area (Å²) in [5.41, 5.74) is 7.33. The number of hydrogen-bond acceptors (Lipinski definition) is 7. The Bertz CT molecular complexity index is 1630. The highest BCUT2D eigenvalue weighted by Crippen LogP contribution is 2.36. The number of hydrogen-bond donors (Lipinski definition) is 2. The van der Waals surface area contributed by atoms with Crippen molar-refractivity contribution in [3.05, 3.63) is 63.8 Å². The van der Waals surface area contributed by atoms with E-state index < -0.39 is 16.1 Å². The zero-order valence-electron chi connectivity index (χ0n) is 23.9. The number of carbonyl (C=O) groups is 2. The van der Waals surface area contributed by atoms with Crippen LogP contribution in [0.5, 0.6) is 5.75 Å². The molecule has 0 aliphatic carbocycles. The van der Waals surface area contributed by atoms with Gasteiger partial charge in [0.15, 0.2) is 0 Å². The lowest BCUT2D eigenvalue weighted by molar-refractivity contribution is -0.132. The van der Waals surface area contributed by atoms with Gasteiger partial charge in [-0.05, 0) is 56.9 Å². The van der Waals surface area contributed by atoms with Crippen molar-refractivity contribution >= 4 is 55.9 Å². The molecule has 0 radical (unpaired) electrons. The lowest BCUT2D eigenvalue weighted by atomic mass is 10.0. The minimum atomic E-state index is -4.14. The molecule has 230 valence electrons. The van der Waals surface area contributed by atoms with Gasteiger partial charge in [0, 0.05) is 60.3 Å². The molecule has 0 saturated carbocycles. The molecule has 43 heavy (non-hydrogen) atoms. The monoisotopic (exact) mass is 647 g/mol. The molecule has 1 aromatic heterocycles. The number of ether oxygens (including phenoxy) is 1. The Labute approximate surface area is 261 Å². The third kappa shape index (κ3) is 6.76. The summed E-state index contributed by atoms with van der Waals surface area (Å²) < 4.78 is 35.1. The van der Waals surface area contributed by atoms with Gasteiger partial charge in [-0.15, -0.1) is 0 Å². The quantitative estimate of drug-likeness (QED) is 0.358. The molecule has 2 aliphatic rings. The summed E-state index contributed by atoms with van der Waals surface area (Å²) in [4.78, 5) is 31.6. The van der Waals surface area contributed by atoms with Crippen molar-refractivity contribution in [2.75, 3.05) is 26.2 Å². The molecule has 10 nitrogen and oxygen atoms in total. The number of carbonyl (C=O) groups excluding carboxylic acids is 2. The van der Waals surface area contributed by atoms with Gasteiger partial charge in [-0.3, -0.25) is 9.59 Å². The summed E-state index contributed by atoms with van der Waals surface area (Å²) in [6.07, 6.45) is 2.43. The standard InChI is InChI=1S/C30H35Cl2N5O5S/c1-19-7-8-20-4-2-6-25(29(20)34-19)42-18-22-23(31)9-10-26(28(22)32)43(40,41)37-15-3-5-24(37)30(39)35-21-12-16-36(17-13-21)27(38)11-14-33/h2,4,6-10,21,24H,3,5,11-18,33H2,1H3,(H,35,39)/t24-/m0/s1. The van der Waals surface area contributed by atoms with E-state index in [9.17, 15) is 18.0 Å². The van der Waals surface area contributed by atoms with Crippen molar-refractivity contribution in [2.24, 2.45) is 5.73 Å². The van der Waals surface area contributed by atoms with Gasteiger partial charge >= 0.3 is 0 Å². The number of nitrogens with two attached hydrogens (primary N) is 1. The van der Waals surface area contributed by atoms with Crippen molar-refractivity contribution < 1.29 is 22.7 Å². The smallest absolute Gasteiger partial charge is 0.245 e. The van der Waals surface area contributed by atoms with Gasteiger partial charge < -0.3 is 20.7 Å². The van der Waals surface area contributed by atoms with E-state index in [4.69, 9.17) is 33.7 Å². The number of fused-ring (bicyclic) bond motifs is 1. The predicted molar refractivity (Wildman–Crippen MR) is 166 cm³/mol. The molecule has 0 unspecified atom stereocenters. The van der Waals surface area contributed by atoms with Gasteiger partial charge in [0.05, 0.1) is 5.02 Å². The Hall–Kier alpha value is -2.96. The first-order chi connectivity index (χ1) is 20.6. The SMILES string of the molecule is Cc1ccc2cccc(OCc3c(Cl)ccc(S(=O)(=O)N4CCC[C@H]4C(=O)NC4CCN(C(=O)CCN)CC4)c3Cl)c2n1. The summed E-state index contributed by atoms with van der Waals surface area (Å²) in [6.45, 7) is 3.35. The summed E-state index contributed by atoms with van der Waals surface area (Å²) in [5, 5.41) is 4.13. The first kappa shape index (κ1) is 31.5. The van der Waals surface area contributed by atoms with Crippen molar-refractivity contribution in [3.63, 3.8) is 0 Å². The van der Waals surface area contributed by atoms with Crippen LogP contribution < -0.4 is 15.8 Å². The lowest BCUT2D eigenvalue weighted by Crippen LogP contribution is -2.52. The molecule has 3 aromatic rings. The number of piperidine rings is 1. The number of nitrogens with one attached hydrogen (secondary N) is 1. The zero-order chi connectivity index (χ0) is 30.7. The van der Waals surface area contributed by atoms with Crippen LogP contribution in [-0.2, 0) is 26.2 Å². The molecule has 2 fully saturated rings. The van der Waals surface area contributed by atoms with Crippen LogP contribution in [0.3, 0.4) is 0 Å². The average Bonchev–Trinajstić information content (AvgIpc) is 3.49. The van der Waals surface area contributed by atoms with Crippen LogP contribution in [0.4, 0.5) is 0 Å². The molecular formula is C30H35Cl2N5O5S. The topological polar surface area (TPSA) is 135 Å². The Kier molecular flexibility index (Phi) is 9.77. The molecule has 13 heteroatoms. The van der Waals surface area contributed by atoms with Crippen molar-refractivity contribution in [2.45, 2.75) is 62.6 Å². The third-order valence-electron chi connectivity index (χ3n) is 7.99. The number of para-hydroxylation sites is 1. The molecule has 0 spiro atoms. The average molecular weight is 649 g/mol. The van der Waals surface area contributed by atoms with E-state index in [2.05, 4.69) is 10.3 Å². The largest absolute Gasteiger partial charge is 0.487 e. The van der Waals surface area contributed by atoms with Gasteiger partial charge in [-0.2, -0.15) is 4.31 Å². The van der Waals surface area contributed by atoms with E-state index in [1.165, 1.54) is 16.4 Å². The van der Waals surface area contributed by atoms with Gasteiger partial charge in [-0.25, -0.2) is 13.4 Å². The maximum atomic E-state index is 13.9. The van der Waals surface area contributed by atoms with Gasteiger partial charge in [-0.1, -0.05) is 41.4 Å². The number of rotatable bonds is 9. The van der Waals surface area contributed by atoms with Gasteiger partial charge in [0.25, 0.3) is 0 Å². The molecule has 2 saturated heterocycles. The molecule has 2 aromatic carbocycles. The normalized spacial score (nSPS) is 18.2. The Morgan fingerprint density at radius 3 is 2.58 bits per heavy atom. The fourth-order valence-electron chi connectivity index (χ4n) is 5.66. The number of likely N-dealkylation sites (tertiary alicyclic amines) is 1. The number of amides is 2. The zero-order valence-corrected chi connectivity index (χ0v) is 26.2. The summed E-state index contributed by atoms with van der Waals surface area (Å²) in [7, 11) is -4.14. The van der Waals surface area contributed by atoms with Crippen molar-refractivity contribution in [1.29, 1.82) is 0 Å². The van der Waals surface area contributed by atoms with E-state index in [0.717, 1.165) is 11.1 Å². The first-order valence-electron chi connectivity index (χ1n) is 14.4. The van der Waals surface area contributed by atoms with Crippen LogP contribution in [0.1, 0.15) is 43.4 Å². The number of pyridine rings is 1. The van der Waals surface area contributed by atoms with Crippen LogP contribution in [0.25, 0.3) is 10.9 Å². The molecular weight excluding hydrogens is 613 g/mol. The number of aryl methyl sites for hydroxylation is 1. The molecule has 1 atom stereocenters. The number of benzene rings is 2. The van der Waals surface area contributed by atoms with Gasteiger partial charge in [0.2, 0.25) is 21.8 Å². The highest BCUT2D eigenvalue weighted by atomic mass is 35.5. The van der Waals surface area contributed by atoms with Gasteiger partial charge in [0.1, 0.15) is 28.8 Å². The van der Waals surface area contributed by atoms with E-state index in [0.29, 0.717) is 68.6 Å². The Morgan fingerprint density at radius 1 is 1.07 bits per heavy atom. The molecule has 3 N–H and O–H groups in total. The maximum absolute atomic E-state index is 13.9. The third-order valence-corrected chi connectivity index (χ3v) is 10.8. The Balaban J connectivity index is 1.30. The highest BCUT2D eigenvalue weighted by molar-refractivity contribution is 7.89. The number of halogens is 2. The second kappa shape index (κ2) is 13.4. The molecule has 0 bridgehead atoms. The highest BCUT2D eigenvalue weighted by Gasteiger charge is 2.41. The number of sulfonamides is 1. The second-order valence-electron chi connectivity index (χ2n) is 10.9. The van der Waals surface area contributed by atoms with E-state index >= 15 is 0 Å². The van der Waals surface area contributed by atoms with Crippen LogP contribution in [0.15, 0.2) is 47.4 Å². The molecule has 3 heterocycles. The molecule has 2 amide bonds. The van der Waals surface area contributed by atoms with E-state index in [-0.39, 0.29) is 45.9 Å². The summed E-state index contributed by atoms with van der Waals surface area (Å²) >= 11 is 13.2. The van der Waals surface area contributed by atoms with Crippen molar-refractivity contribution in [3.8, 4) is 5.75 Å². The second-order valence-corrected chi connectivity index (χ2v) is 13.5. The number of aromatic nitrogens is 1. The van der Waals surface area contributed by atoms with Crippen LogP contribution in [0.2, 0.25) is 10.0 Å². The fraction of sp³-hybridized carbons (Fsp3) is 0.433. The number of nitrogens with zero attached hydrogens (tertiary/aromatic N) is 3. The van der Waals surface area contributed by atoms with Crippen LogP contribution in [-0.4, -0.2) is 72.7 Å². The maximum Gasteiger partial charge on any atom is 0.245 e. The van der Waals surface area contributed by atoms with E-state index in [1.807, 2.05) is 31.2 Å². The predicted octanol–water partition coefficient (Wildman–Crippen LogP) is 4.04. The first-order valence-corrected chi connectivity index (χ1v) is 16.6. The minimum absolute atomic E-state index is 0.00818. The summed E-state index contributed by atoms with van der Waals surface area (Å²) in [6, 6.07) is 11.3. The Morgan fingerprint density at radius 2 is 1.84 bits per heavy atom. The van der Waals surface area contributed by atoms with Crippen LogP contribution in [0, 0.1) is 6.92 Å². The summed E-state index contributed by atoms with van der Waals surface area (Å²) in [5.74, 6) is 0.182. The fourth-order valence-corrected chi connectivity index (χ4v) is 8.18. The van der Waals surface area contributed by atoms with Crippen LogP contribution >= 0.6 is 23.2 Å². The molecule has 5 rings (SSSR count). The lowest BCUT2D eigenvalue weighted by Gasteiger charge is -2.33. The minimum Gasteiger partial charge on any atom is -0.487 e.